The summed E-state index contributed by atoms with van der Waals surface area (Å²) in [6.45, 7) is 3.67. The third kappa shape index (κ3) is 3.55. The van der Waals surface area contributed by atoms with Crippen LogP contribution in [0.15, 0.2) is 29.4 Å². The monoisotopic (exact) mass is 328 g/mol. The molecule has 2 rings (SSSR count). The van der Waals surface area contributed by atoms with Crippen LogP contribution in [0.2, 0.25) is 0 Å². The van der Waals surface area contributed by atoms with Gasteiger partial charge in [0.1, 0.15) is 0 Å². The van der Waals surface area contributed by atoms with Gasteiger partial charge < -0.3 is 5.11 Å². The number of aliphatic hydroxyl groups is 1. The molecule has 0 bridgehead atoms. The van der Waals surface area contributed by atoms with Gasteiger partial charge in [-0.1, -0.05) is 43.2 Å². The van der Waals surface area contributed by atoms with E-state index in [4.69, 9.17) is 0 Å². The number of nitrogens with zero attached hydrogens (tertiary/aromatic N) is 2. The zero-order valence-electron chi connectivity index (χ0n) is 13.0. The van der Waals surface area contributed by atoms with Crippen molar-refractivity contribution < 1.29 is 23.1 Å². The van der Waals surface area contributed by atoms with Crippen molar-refractivity contribution in [2.24, 2.45) is 5.10 Å². The van der Waals surface area contributed by atoms with Gasteiger partial charge in [-0.05, 0) is 18.9 Å². The average Bonchev–Trinajstić information content (AvgIpc) is 2.80. The summed E-state index contributed by atoms with van der Waals surface area (Å²) in [7, 11) is 0. The van der Waals surface area contributed by atoms with Crippen molar-refractivity contribution in [2.45, 2.75) is 51.4 Å². The predicted molar refractivity (Wildman–Crippen MR) is 79.7 cm³/mol. The van der Waals surface area contributed by atoms with Gasteiger partial charge in [0.15, 0.2) is 0 Å². The number of benzene rings is 1. The molecule has 4 nitrogen and oxygen atoms in total. The van der Waals surface area contributed by atoms with Crippen LogP contribution in [0.3, 0.4) is 0 Å². The fourth-order valence-corrected chi connectivity index (χ4v) is 2.48. The molecule has 0 spiro atoms. The van der Waals surface area contributed by atoms with Gasteiger partial charge in [0.05, 0.1) is 6.42 Å². The lowest BCUT2D eigenvalue weighted by atomic mass is 10.0. The highest BCUT2D eigenvalue weighted by molar-refractivity contribution is 5.91. The van der Waals surface area contributed by atoms with E-state index < -0.39 is 24.2 Å². The van der Waals surface area contributed by atoms with Gasteiger partial charge in [-0.25, -0.2) is 0 Å². The van der Waals surface area contributed by atoms with Crippen LogP contribution in [0, 0.1) is 6.92 Å². The predicted octanol–water partition coefficient (Wildman–Crippen LogP) is 3.18. The van der Waals surface area contributed by atoms with E-state index in [1.807, 2.05) is 6.92 Å². The van der Waals surface area contributed by atoms with Crippen molar-refractivity contribution in [3.05, 3.63) is 35.4 Å². The Balaban J connectivity index is 2.25. The van der Waals surface area contributed by atoms with Crippen LogP contribution in [0.1, 0.15) is 37.3 Å². The Bertz CT molecular complexity index is 611. The third-order valence-corrected chi connectivity index (χ3v) is 3.75. The highest BCUT2D eigenvalue weighted by atomic mass is 19.4. The first-order valence-electron chi connectivity index (χ1n) is 7.41. The minimum atomic E-state index is -4.96. The zero-order valence-corrected chi connectivity index (χ0v) is 13.0. The molecule has 1 atom stereocenters. The lowest BCUT2D eigenvalue weighted by molar-refractivity contribution is -0.302. The number of amides is 1. The van der Waals surface area contributed by atoms with Gasteiger partial charge in [-0.15, -0.1) is 0 Å². The number of aryl methyl sites for hydroxylation is 1. The topological polar surface area (TPSA) is 52.9 Å². The number of halogens is 3. The second kappa shape index (κ2) is 6.31. The van der Waals surface area contributed by atoms with Crippen LogP contribution >= 0.6 is 0 Å². The van der Waals surface area contributed by atoms with Crippen molar-refractivity contribution in [1.82, 2.24) is 5.01 Å². The fraction of sp³-hybridized carbons (Fsp3) is 0.500. The van der Waals surface area contributed by atoms with Crippen molar-refractivity contribution >= 4 is 11.6 Å². The number of alkyl halides is 3. The summed E-state index contributed by atoms with van der Waals surface area (Å²) in [4.78, 5) is 12.3. The van der Waals surface area contributed by atoms with Crippen LogP contribution in [-0.2, 0) is 11.2 Å². The maximum absolute atomic E-state index is 13.2. The smallest absolute Gasteiger partial charge is 0.362 e. The lowest BCUT2D eigenvalue weighted by Crippen LogP contribution is -2.57. The van der Waals surface area contributed by atoms with Crippen molar-refractivity contribution in [2.75, 3.05) is 0 Å². The molecule has 0 radical (unpaired) electrons. The molecule has 7 heteroatoms. The standard InChI is InChI=1S/C16H19F3N2O2/c1-3-4-13-10-15(23,16(17,18)19)21(20-13)14(22)9-12-7-5-11(2)6-8-12/h5-8,23H,3-4,9-10H2,1-2H3. The van der Waals surface area contributed by atoms with Crippen LogP contribution in [0.5, 0.6) is 0 Å². The van der Waals surface area contributed by atoms with Gasteiger partial charge in [-0.2, -0.15) is 23.3 Å². The quantitative estimate of drug-likeness (QED) is 0.923. The second-order valence-corrected chi connectivity index (χ2v) is 5.78. The van der Waals surface area contributed by atoms with Crippen molar-refractivity contribution in [3.8, 4) is 0 Å². The van der Waals surface area contributed by atoms with Gasteiger partial charge in [0.25, 0.3) is 5.72 Å². The molecule has 1 N–H and O–H groups in total. The van der Waals surface area contributed by atoms with Crippen LogP contribution in [0.25, 0.3) is 0 Å². The minimum absolute atomic E-state index is 0.185. The number of hydrogen-bond acceptors (Lipinski definition) is 3. The first-order valence-corrected chi connectivity index (χ1v) is 7.41. The molecule has 1 unspecified atom stereocenters. The van der Waals surface area contributed by atoms with Crippen molar-refractivity contribution in [1.29, 1.82) is 0 Å². The lowest BCUT2D eigenvalue weighted by Gasteiger charge is -2.32. The van der Waals surface area contributed by atoms with Crippen LogP contribution in [0.4, 0.5) is 13.2 Å². The Hall–Kier alpha value is -1.89. The molecule has 1 aromatic carbocycles. The van der Waals surface area contributed by atoms with E-state index in [-0.39, 0.29) is 17.1 Å². The highest BCUT2D eigenvalue weighted by Gasteiger charge is 2.62. The molecule has 0 fully saturated rings. The van der Waals surface area contributed by atoms with E-state index in [0.29, 0.717) is 18.4 Å². The molecule has 23 heavy (non-hydrogen) atoms. The SMILES string of the molecule is CCCC1=NN(C(=O)Cc2ccc(C)cc2)C(O)(C(F)(F)F)C1. The van der Waals surface area contributed by atoms with E-state index >= 15 is 0 Å². The van der Waals surface area contributed by atoms with E-state index in [2.05, 4.69) is 5.10 Å². The van der Waals surface area contributed by atoms with Crippen LogP contribution < -0.4 is 0 Å². The van der Waals surface area contributed by atoms with Gasteiger partial charge in [0, 0.05) is 12.1 Å². The Kier molecular flexibility index (Phi) is 4.79. The summed E-state index contributed by atoms with van der Waals surface area (Å²) < 4.78 is 39.7. The first-order chi connectivity index (χ1) is 10.7. The zero-order chi connectivity index (χ0) is 17.3. The van der Waals surface area contributed by atoms with Gasteiger partial charge >= 0.3 is 6.18 Å². The third-order valence-electron chi connectivity index (χ3n) is 3.75. The van der Waals surface area contributed by atoms with E-state index in [0.717, 1.165) is 5.56 Å². The molecule has 0 aliphatic carbocycles. The highest BCUT2D eigenvalue weighted by Crippen LogP contribution is 2.41. The maximum Gasteiger partial charge on any atom is 0.438 e. The molecular formula is C16H19F3N2O2. The molecule has 0 saturated carbocycles. The van der Waals surface area contributed by atoms with Crippen molar-refractivity contribution in [3.63, 3.8) is 0 Å². The number of hydrogen-bond donors (Lipinski definition) is 1. The summed E-state index contributed by atoms with van der Waals surface area (Å²) in [6.07, 6.45) is -5.00. The Labute approximate surface area is 132 Å². The first kappa shape index (κ1) is 17.5. The average molecular weight is 328 g/mol. The Morgan fingerprint density at radius 3 is 2.48 bits per heavy atom. The molecule has 1 aromatic rings. The molecule has 0 saturated heterocycles. The van der Waals surface area contributed by atoms with Crippen LogP contribution in [-0.4, -0.2) is 33.6 Å². The summed E-state index contributed by atoms with van der Waals surface area (Å²) in [6, 6.07) is 6.89. The molecule has 1 aliphatic rings. The molecule has 1 heterocycles. The molecule has 0 aromatic heterocycles. The fourth-order valence-electron chi connectivity index (χ4n) is 2.48. The molecule has 1 amide bonds. The summed E-state index contributed by atoms with van der Waals surface area (Å²) in [5, 5.41) is 14.0. The molecule has 1 aliphatic heterocycles. The molecular weight excluding hydrogens is 309 g/mol. The van der Waals surface area contributed by atoms with E-state index in [9.17, 15) is 23.1 Å². The van der Waals surface area contributed by atoms with Gasteiger partial charge in [0.2, 0.25) is 5.91 Å². The molecule has 126 valence electrons. The normalized spacial score (nSPS) is 21.5. The van der Waals surface area contributed by atoms with Gasteiger partial charge in [-0.3, -0.25) is 4.79 Å². The second-order valence-electron chi connectivity index (χ2n) is 5.78. The Morgan fingerprint density at radius 1 is 1.35 bits per heavy atom. The largest absolute Gasteiger partial charge is 0.438 e. The number of carbonyl (C=O) groups is 1. The summed E-state index contributed by atoms with van der Waals surface area (Å²) in [5.41, 5.74) is -1.51. The number of hydrazone groups is 1. The maximum atomic E-state index is 13.2. The minimum Gasteiger partial charge on any atom is -0.362 e. The van der Waals surface area contributed by atoms with E-state index in [1.165, 1.54) is 0 Å². The Morgan fingerprint density at radius 2 is 1.96 bits per heavy atom. The summed E-state index contributed by atoms with van der Waals surface area (Å²) >= 11 is 0. The number of rotatable bonds is 4. The van der Waals surface area contributed by atoms with E-state index in [1.54, 1.807) is 31.2 Å². The summed E-state index contributed by atoms with van der Waals surface area (Å²) in [5.74, 6) is -0.875. The number of carbonyl (C=O) groups excluding carboxylic acids is 1.